The van der Waals surface area contributed by atoms with Crippen LogP contribution in [0.1, 0.15) is 66.1 Å². The van der Waals surface area contributed by atoms with E-state index in [4.69, 9.17) is 0 Å². The molecule has 0 saturated heterocycles. The van der Waals surface area contributed by atoms with Gasteiger partial charge in [-0.15, -0.1) is 0 Å². The number of hydrogen-bond donors (Lipinski definition) is 3. The van der Waals surface area contributed by atoms with E-state index in [0.29, 0.717) is 4.57 Å². The number of hydrogen-bond acceptors (Lipinski definition) is 5. The van der Waals surface area contributed by atoms with Crippen LogP contribution >= 0.6 is 0 Å². The van der Waals surface area contributed by atoms with E-state index in [1.165, 1.54) is 27.7 Å². The summed E-state index contributed by atoms with van der Waals surface area (Å²) in [6, 6.07) is 0.114. The van der Waals surface area contributed by atoms with Crippen molar-refractivity contribution in [2.75, 3.05) is 20.6 Å². The van der Waals surface area contributed by atoms with Crippen molar-refractivity contribution in [1.29, 1.82) is 0 Å². The fraction of sp³-hybridized carbons (Fsp3) is 0.441. The van der Waals surface area contributed by atoms with Gasteiger partial charge in [-0.2, -0.15) is 26.3 Å². The summed E-state index contributed by atoms with van der Waals surface area (Å²) in [5, 5.41) is 23.0. The van der Waals surface area contributed by atoms with Crippen molar-refractivity contribution < 1.29 is 59.3 Å². The quantitative estimate of drug-likeness (QED) is 0.141. The van der Waals surface area contributed by atoms with Gasteiger partial charge in [0, 0.05) is 24.4 Å². The molecule has 0 aliphatic heterocycles. The highest BCUT2D eigenvalue weighted by atomic mass is 19.4. The van der Waals surface area contributed by atoms with Gasteiger partial charge in [0.2, 0.25) is 5.91 Å². The van der Waals surface area contributed by atoms with Crippen molar-refractivity contribution in [2.24, 2.45) is 5.92 Å². The van der Waals surface area contributed by atoms with Crippen LogP contribution in [0.2, 0.25) is 0 Å². The van der Waals surface area contributed by atoms with E-state index in [1.807, 2.05) is 0 Å². The number of alkyl halides is 6. The van der Waals surface area contributed by atoms with Crippen LogP contribution in [0.25, 0.3) is 11.1 Å². The number of aliphatic carboxylic acids is 1. The first kappa shape index (κ1) is 41.0. The number of nitrogens with one attached hydrogen (secondary N) is 1. The fourth-order valence-corrected chi connectivity index (χ4v) is 5.86. The van der Waals surface area contributed by atoms with Crippen molar-refractivity contribution in [3.63, 3.8) is 0 Å². The highest BCUT2D eigenvalue weighted by Crippen LogP contribution is 2.43. The Labute approximate surface area is 286 Å². The fourth-order valence-electron chi connectivity index (χ4n) is 5.86. The molecule has 2 aromatic carbocycles. The Morgan fingerprint density at radius 3 is 1.92 bits per heavy atom. The van der Waals surface area contributed by atoms with Crippen LogP contribution < -0.4 is 10.9 Å². The Balaban J connectivity index is 2.35. The van der Waals surface area contributed by atoms with Crippen LogP contribution in [0, 0.1) is 37.2 Å². The lowest BCUT2D eigenvalue weighted by atomic mass is 9.87. The number of carbonyl (C=O) groups excluding carboxylic acids is 1. The SMILES string of the molecule is Cc1cc(F)cc(C)c1-c1cc(C(F)(F)F)c(F)c([C@](O)(CC(=O)O)NC(=O)C(CC(C)C)n2cc(CCN(C)C)c(C(F)(F)F)cc2=O)c1F. The summed E-state index contributed by atoms with van der Waals surface area (Å²) in [4.78, 5) is 40.5. The second kappa shape index (κ2) is 15.1. The maximum absolute atomic E-state index is 16.4. The first-order chi connectivity index (χ1) is 23.3. The van der Waals surface area contributed by atoms with E-state index in [-0.39, 0.29) is 48.2 Å². The molecule has 3 N–H and O–H groups in total. The number of aliphatic hydroxyl groups is 1. The molecule has 0 fully saturated rings. The molecule has 1 amide bonds. The third-order valence-corrected chi connectivity index (χ3v) is 8.05. The zero-order valence-corrected chi connectivity index (χ0v) is 28.3. The molecule has 3 rings (SSSR count). The zero-order valence-electron chi connectivity index (χ0n) is 28.3. The summed E-state index contributed by atoms with van der Waals surface area (Å²) >= 11 is 0. The highest BCUT2D eigenvalue weighted by Gasteiger charge is 2.46. The first-order valence-corrected chi connectivity index (χ1v) is 15.4. The molecular weight excluding hydrogens is 701 g/mol. The molecule has 0 aliphatic rings. The molecule has 1 unspecified atom stereocenters. The molecule has 8 nitrogen and oxygen atoms in total. The predicted molar refractivity (Wildman–Crippen MR) is 167 cm³/mol. The highest BCUT2D eigenvalue weighted by molar-refractivity contribution is 5.83. The van der Waals surface area contributed by atoms with Gasteiger partial charge in [-0.3, -0.25) is 14.4 Å². The average Bonchev–Trinajstić information content (AvgIpc) is 2.93. The summed E-state index contributed by atoms with van der Waals surface area (Å²) in [5.41, 5.74) is -12.6. The number of amides is 1. The first-order valence-electron chi connectivity index (χ1n) is 15.4. The smallest absolute Gasteiger partial charge is 0.419 e. The van der Waals surface area contributed by atoms with E-state index >= 15 is 8.78 Å². The molecule has 51 heavy (non-hydrogen) atoms. The lowest BCUT2D eigenvalue weighted by Crippen LogP contribution is -2.52. The van der Waals surface area contributed by atoms with E-state index in [2.05, 4.69) is 0 Å². The van der Waals surface area contributed by atoms with Crippen LogP contribution in [0.15, 0.2) is 35.3 Å². The molecule has 17 heteroatoms. The number of halogens is 9. The number of carboxylic acids is 1. The number of pyridine rings is 1. The number of carbonyl (C=O) groups is 2. The molecule has 2 atom stereocenters. The molecule has 0 aliphatic carbocycles. The van der Waals surface area contributed by atoms with Gasteiger partial charge in [-0.1, -0.05) is 13.8 Å². The Bertz CT molecular complexity index is 1850. The maximum atomic E-state index is 16.4. The minimum absolute atomic E-state index is 0.0585. The number of nitrogens with zero attached hydrogens (tertiary/aromatic N) is 2. The van der Waals surface area contributed by atoms with Crippen LogP contribution in [-0.2, 0) is 34.1 Å². The molecule has 3 aromatic rings. The number of likely N-dealkylation sites (N-methyl/N-ethyl adjacent to an activating group) is 1. The van der Waals surface area contributed by atoms with Gasteiger partial charge < -0.3 is 25.0 Å². The molecule has 1 aromatic heterocycles. The van der Waals surface area contributed by atoms with Crippen LogP contribution in [0.5, 0.6) is 0 Å². The lowest BCUT2D eigenvalue weighted by molar-refractivity contribution is -0.148. The lowest BCUT2D eigenvalue weighted by Gasteiger charge is -2.33. The van der Waals surface area contributed by atoms with Crippen LogP contribution in [-0.4, -0.2) is 52.2 Å². The van der Waals surface area contributed by atoms with Crippen LogP contribution in [0.3, 0.4) is 0 Å². The van der Waals surface area contributed by atoms with Crippen LogP contribution in [0.4, 0.5) is 39.5 Å². The largest absolute Gasteiger partial charge is 0.481 e. The topological polar surface area (TPSA) is 112 Å². The van der Waals surface area contributed by atoms with Gasteiger partial charge in [0.15, 0.2) is 5.72 Å². The van der Waals surface area contributed by atoms with E-state index < -0.39 is 99.2 Å². The van der Waals surface area contributed by atoms with Gasteiger partial charge in [0.25, 0.3) is 5.56 Å². The van der Waals surface area contributed by atoms with Gasteiger partial charge in [-0.05, 0) is 87.2 Å². The van der Waals surface area contributed by atoms with Gasteiger partial charge in [0.1, 0.15) is 23.5 Å². The summed E-state index contributed by atoms with van der Waals surface area (Å²) in [6.45, 7) is 5.52. The summed E-state index contributed by atoms with van der Waals surface area (Å²) in [7, 11) is 3.13. The molecule has 0 radical (unpaired) electrons. The number of carboxylic acid groups (broad SMARTS) is 1. The van der Waals surface area contributed by atoms with Gasteiger partial charge in [-0.25, -0.2) is 13.2 Å². The van der Waals surface area contributed by atoms with Crippen molar-refractivity contribution in [3.05, 3.63) is 91.6 Å². The third kappa shape index (κ3) is 9.30. The summed E-state index contributed by atoms with van der Waals surface area (Å²) in [5.74, 6) is -9.40. The van der Waals surface area contributed by atoms with Crippen molar-refractivity contribution >= 4 is 11.9 Å². The second-order valence-electron chi connectivity index (χ2n) is 13.0. The van der Waals surface area contributed by atoms with Crippen molar-refractivity contribution in [3.8, 4) is 11.1 Å². The Kier molecular flexibility index (Phi) is 12.1. The van der Waals surface area contributed by atoms with Crippen molar-refractivity contribution in [2.45, 2.75) is 71.1 Å². The van der Waals surface area contributed by atoms with Gasteiger partial charge >= 0.3 is 18.3 Å². The minimum Gasteiger partial charge on any atom is -0.481 e. The number of benzene rings is 2. The minimum atomic E-state index is -5.58. The molecular formula is C34H36F9N3O5. The predicted octanol–water partition coefficient (Wildman–Crippen LogP) is 6.71. The summed E-state index contributed by atoms with van der Waals surface area (Å²) in [6.07, 6.45) is -12.3. The normalized spacial score (nSPS) is 14.2. The maximum Gasteiger partial charge on any atom is 0.419 e. The Morgan fingerprint density at radius 1 is 0.902 bits per heavy atom. The average molecular weight is 738 g/mol. The number of rotatable bonds is 12. The van der Waals surface area contributed by atoms with Gasteiger partial charge in [0.05, 0.1) is 23.1 Å². The Hall–Kier alpha value is -4.38. The third-order valence-electron chi connectivity index (χ3n) is 8.05. The molecule has 0 saturated carbocycles. The second-order valence-corrected chi connectivity index (χ2v) is 13.0. The monoisotopic (exact) mass is 737 g/mol. The molecule has 1 heterocycles. The van der Waals surface area contributed by atoms with E-state index in [9.17, 15) is 55.3 Å². The van der Waals surface area contributed by atoms with E-state index in [0.717, 1.165) is 18.3 Å². The molecule has 280 valence electrons. The van der Waals surface area contributed by atoms with E-state index in [1.54, 1.807) is 24.3 Å². The standard InChI is InChI=1S/C34H36F9N3O5/c1-16(2)9-24(46-15-19(7-8-45(5)6)22(13-25(46)47)33(38,39)40)31(50)44-32(51,14-26(48)49)28-29(36)21(12-23(30(28)37)34(41,42)43)27-17(3)10-20(35)11-18(27)4/h10-13,15-16,24,51H,7-9,14H2,1-6H3,(H,44,50)(H,48,49)/t24?,32-/m1/s1. The Morgan fingerprint density at radius 2 is 1.45 bits per heavy atom. The number of aromatic nitrogens is 1. The molecule has 0 bridgehead atoms. The zero-order chi connectivity index (χ0) is 39.0. The number of aryl methyl sites for hydroxylation is 2. The summed E-state index contributed by atoms with van der Waals surface area (Å²) < 4.78 is 131. The molecule has 0 spiro atoms. The van der Waals surface area contributed by atoms with Crippen molar-refractivity contribution in [1.82, 2.24) is 14.8 Å².